The summed E-state index contributed by atoms with van der Waals surface area (Å²) in [6.45, 7) is 6.50. The van der Waals surface area contributed by atoms with Gasteiger partial charge in [0.05, 0.1) is 24.3 Å². The van der Waals surface area contributed by atoms with Gasteiger partial charge >= 0.3 is 12.0 Å². The van der Waals surface area contributed by atoms with E-state index in [0.717, 1.165) is 49.1 Å². The number of nitrogens with zero attached hydrogens (tertiary/aromatic N) is 2. The minimum atomic E-state index is -0.492. The summed E-state index contributed by atoms with van der Waals surface area (Å²) in [5.41, 5.74) is 2.49. The molecule has 0 bridgehead atoms. The van der Waals surface area contributed by atoms with E-state index in [0.29, 0.717) is 13.2 Å². The average Bonchev–Trinajstić information content (AvgIpc) is 2.79. The van der Waals surface area contributed by atoms with Gasteiger partial charge in [0.15, 0.2) is 0 Å². The van der Waals surface area contributed by atoms with Crippen LogP contribution in [-0.2, 0) is 23.1 Å². The molecule has 0 radical (unpaired) electrons. The number of carbonyl (C=O) groups is 2. The molecule has 1 fully saturated rings. The molecule has 0 aromatic carbocycles. The first-order chi connectivity index (χ1) is 11.9. The molecule has 25 heavy (non-hydrogen) atoms. The van der Waals surface area contributed by atoms with E-state index in [9.17, 15) is 9.59 Å². The Morgan fingerprint density at radius 1 is 1.24 bits per heavy atom. The van der Waals surface area contributed by atoms with Gasteiger partial charge in [0.2, 0.25) is 0 Å². The highest BCUT2D eigenvalue weighted by Gasteiger charge is 2.36. The zero-order chi connectivity index (χ0) is 18.4. The molecule has 1 heterocycles. The molecule has 7 nitrogen and oxygen atoms in total. The van der Waals surface area contributed by atoms with Gasteiger partial charge in [-0.05, 0) is 33.6 Å². The molecule has 0 saturated heterocycles. The highest BCUT2D eigenvalue weighted by molar-refractivity contribution is 5.77. The number of aromatic nitrogens is 2. The van der Waals surface area contributed by atoms with Gasteiger partial charge in [0, 0.05) is 24.8 Å². The zero-order valence-corrected chi connectivity index (χ0v) is 15.8. The topological polar surface area (TPSA) is 85.2 Å². The van der Waals surface area contributed by atoms with E-state index in [4.69, 9.17) is 4.74 Å². The summed E-state index contributed by atoms with van der Waals surface area (Å²) < 4.78 is 6.91. The maximum atomic E-state index is 12.5. The second kappa shape index (κ2) is 8.36. The van der Waals surface area contributed by atoms with Crippen LogP contribution in [0.25, 0.3) is 0 Å². The molecule has 2 rings (SSSR count). The molecule has 1 saturated carbocycles. The average molecular weight is 350 g/mol. The third-order valence-corrected chi connectivity index (χ3v) is 5.06. The molecular formula is C18H30N4O3. The van der Waals surface area contributed by atoms with E-state index in [2.05, 4.69) is 15.7 Å². The Morgan fingerprint density at radius 2 is 1.92 bits per heavy atom. The molecule has 2 N–H and O–H groups in total. The van der Waals surface area contributed by atoms with Crippen LogP contribution in [0, 0.1) is 13.8 Å². The summed E-state index contributed by atoms with van der Waals surface area (Å²) in [5, 5.41) is 10.3. The number of esters is 1. The van der Waals surface area contributed by atoms with Crippen LogP contribution in [0.3, 0.4) is 0 Å². The zero-order valence-electron chi connectivity index (χ0n) is 15.8. The van der Waals surface area contributed by atoms with Crippen molar-refractivity contribution in [1.29, 1.82) is 0 Å². The lowest BCUT2D eigenvalue weighted by atomic mass is 9.79. The predicted molar refractivity (Wildman–Crippen MR) is 95.1 cm³/mol. The monoisotopic (exact) mass is 350 g/mol. The number of hydrogen-bond donors (Lipinski definition) is 2. The van der Waals surface area contributed by atoms with Crippen LogP contribution < -0.4 is 10.6 Å². The van der Waals surface area contributed by atoms with Crippen molar-refractivity contribution >= 4 is 12.0 Å². The first-order valence-electron chi connectivity index (χ1n) is 9.07. The van der Waals surface area contributed by atoms with E-state index in [1.54, 1.807) is 6.92 Å². The predicted octanol–water partition coefficient (Wildman–Crippen LogP) is 2.49. The fourth-order valence-corrected chi connectivity index (χ4v) is 3.59. The SMILES string of the molecule is CCOC(=O)CC1(NC(=O)NCc2c(C)nn(C)c2C)CCCCC1. The lowest BCUT2D eigenvalue weighted by Crippen LogP contribution is -2.54. The molecule has 1 aliphatic carbocycles. The number of rotatable bonds is 6. The lowest BCUT2D eigenvalue weighted by molar-refractivity contribution is -0.145. The van der Waals surface area contributed by atoms with Crippen LogP contribution in [-0.4, -0.2) is 33.9 Å². The number of nitrogens with one attached hydrogen (secondary N) is 2. The van der Waals surface area contributed by atoms with Gasteiger partial charge in [-0.15, -0.1) is 0 Å². The fourth-order valence-electron chi connectivity index (χ4n) is 3.59. The Morgan fingerprint density at radius 3 is 2.48 bits per heavy atom. The van der Waals surface area contributed by atoms with Crippen LogP contribution in [0.15, 0.2) is 0 Å². The summed E-state index contributed by atoms with van der Waals surface area (Å²) in [6.07, 6.45) is 5.02. The van der Waals surface area contributed by atoms with Gasteiger partial charge in [0.25, 0.3) is 0 Å². The standard InChI is InChI=1S/C18H30N4O3/c1-5-25-16(23)11-18(9-7-6-8-10-18)20-17(24)19-12-15-13(2)21-22(4)14(15)3/h5-12H2,1-4H3,(H2,19,20,24). The third kappa shape index (κ3) is 4.96. The Kier molecular flexibility index (Phi) is 6.45. The number of aryl methyl sites for hydroxylation is 2. The van der Waals surface area contributed by atoms with Gasteiger partial charge in [-0.1, -0.05) is 19.3 Å². The summed E-state index contributed by atoms with van der Waals surface area (Å²) >= 11 is 0. The Labute approximate surface area is 149 Å². The smallest absolute Gasteiger partial charge is 0.315 e. The summed E-state index contributed by atoms with van der Waals surface area (Å²) in [7, 11) is 1.89. The number of urea groups is 1. The van der Waals surface area contributed by atoms with Crippen molar-refractivity contribution in [2.75, 3.05) is 6.61 Å². The van der Waals surface area contributed by atoms with Gasteiger partial charge in [-0.3, -0.25) is 9.48 Å². The Balaban J connectivity index is 1.98. The first kappa shape index (κ1) is 19.3. The van der Waals surface area contributed by atoms with E-state index < -0.39 is 5.54 Å². The number of amides is 2. The maximum absolute atomic E-state index is 12.5. The lowest BCUT2D eigenvalue weighted by Gasteiger charge is -2.37. The third-order valence-electron chi connectivity index (χ3n) is 5.06. The number of carbonyl (C=O) groups excluding carboxylic acids is 2. The quantitative estimate of drug-likeness (QED) is 0.772. The molecule has 1 aromatic rings. The van der Waals surface area contributed by atoms with E-state index >= 15 is 0 Å². The molecule has 0 unspecified atom stereocenters. The van der Waals surface area contributed by atoms with E-state index in [-0.39, 0.29) is 18.4 Å². The van der Waals surface area contributed by atoms with Crippen molar-refractivity contribution in [2.45, 2.75) is 71.4 Å². The molecule has 1 aliphatic rings. The summed E-state index contributed by atoms with van der Waals surface area (Å²) in [4.78, 5) is 24.4. The van der Waals surface area contributed by atoms with Crippen LogP contribution in [0.5, 0.6) is 0 Å². The van der Waals surface area contributed by atoms with Crippen molar-refractivity contribution in [2.24, 2.45) is 7.05 Å². The molecule has 0 atom stereocenters. The summed E-state index contributed by atoms with van der Waals surface area (Å²) in [6, 6.07) is -0.242. The molecule has 0 aliphatic heterocycles. The molecule has 1 aromatic heterocycles. The van der Waals surface area contributed by atoms with Crippen LogP contribution >= 0.6 is 0 Å². The molecule has 0 spiro atoms. The van der Waals surface area contributed by atoms with Crippen molar-refractivity contribution in [1.82, 2.24) is 20.4 Å². The van der Waals surface area contributed by atoms with Crippen LogP contribution in [0.1, 0.15) is 62.4 Å². The van der Waals surface area contributed by atoms with Crippen molar-refractivity contribution in [3.8, 4) is 0 Å². The van der Waals surface area contributed by atoms with E-state index in [1.165, 1.54) is 0 Å². The van der Waals surface area contributed by atoms with Crippen molar-refractivity contribution < 1.29 is 14.3 Å². The van der Waals surface area contributed by atoms with Gasteiger partial charge in [-0.25, -0.2) is 4.79 Å². The second-order valence-electron chi connectivity index (χ2n) is 6.90. The van der Waals surface area contributed by atoms with Crippen LogP contribution in [0.2, 0.25) is 0 Å². The number of ether oxygens (including phenoxy) is 1. The molecular weight excluding hydrogens is 320 g/mol. The van der Waals surface area contributed by atoms with Crippen molar-refractivity contribution in [3.63, 3.8) is 0 Å². The largest absolute Gasteiger partial charge is 0.466 e. The summed E-state index contributed by atoms with van der Waals surface area (Å²) in [5.74, 6) is -0.247. The highest BCUT2D eigenvalue weighted by Crippen LogP contribution is 2.31. The van der Waals surface area contributed by atoms with Gasteiger partial charge in [0.1, 0.15) is 0 Å². The van der Waals surface area contributed by atoms with Crippen LogP contribution in [0.4, 0.5) is 4.79 Å². The normalized spacial score (nSPS) is 16.3. The Hall–Kier alpha value is -2.05. The first-order valence-corrected chi connectivity index (χ1v) is 9.07. The second-order valence-corrected chi connectivity index (χ2v) is 6.90. The number of hydrogen-bond acceptors (Lipinski definition) is 4. The minimum Gasteiger partial charge on any atom is -0.466 e. The molecule has 2 amide bonds. The highest BCUT2D eigenvalue weighted by atomic mass is 16.5. The van der Waals surface area contributed by atoms with Gasteiger partial charge < -0.3 is 15.4 Å². The van der Waals surface area contributed by atoms with E-state index in [1.807, 2.05) is 25.6 Å². The Bertz CT molecular complexity index is 618. The fraction of sp³-hybridized carbons (Fsp3) is 0.722. The van der Waals surface area contributed by atoms with Gasteiger partial charge in [-0.2, -0.15) is 5.10 Å². The maximum Gasteiger partial charge on any atom is 0.315 e. The van der Waals surface area contributed by atoms with Crippen molar-refractivity contribution in [3.05, 3.63) is 17.0 Å². The minimum absolute atomic E-state index is 0.235. The molecule has 7 heteroatoms. The molecule has 140 valence electrons.